The Labute approximate surface area is 142 Å². The summed E-state index contributed by atoms with van der Waals surface area (Å²) in [5.41, 5.74) is 0.334. The van der Waals surface area contributed by atoms with Gasteiger partial charge in [-0.05, 0) is 65.3 Å². The first-order valence-electron chi connectivity index (χ1n) is 8.04. The third-order valence-electron chi connectivity index (χ3n) is 3.78. The van der Waals surface area contributed by atoms with Gasteiger partial charge in [0.15, 0.2) is 0 Å². The van der Waals surface area contributed by atoms with E-state index in [1.54, 1.807) is 0 Å². The summed E-state index contributed by atoms with van der Waals surface area (Å²) in [6.07, 6.45) is -0.0963. The number of nitrogens with one attached hydrogen (secondary N) is 1. The van der Waals surface area contributed by atoms with E-state index < -0.39 is 17.9 Å². The first kappa shape index (κ1) is 20.6. The Balaban J connectivity index is 3.27. The third-order valence-corrected chi connectivity index (χ3v) is 3.78. The van der Waals surface area contributed by atoms with E-state index in [1.165, 1.54) is 0 Å². The van der Waals surface area contributed by atoms with Crippen LogP contribution in [0.5, 0.6) is 0 Å². The second kappa shape index (κ2) is 8.12. The van der Waals surface area contributed by atoms with Gasteiger partial charge in [-0.15, -0.1) is 0 Å². The van der Waals surface area contributed by atoms with Crippen LogP contribution in [0.2, 0.25) is 0 Å². The minimum absolute atomic E-state index is 0.132. The van der Waals surface area contributed by atoms with Crippen molar-refractivity contribution in [2.75, 3.05) is 6.54 Å². The number of rotatable bonds is 6. The van der Waals surface area contributed by atoms with Crippen molar-refractivity contribution in [3.63, 3.8) is 0 Å². The molecule has 0 saturated carbocycles. The van der Waals surface area contributed by atoms with Crippen LogP contribution < -0.4 is 5.32 Å². The molecule has 24 heavy (non-hydrogen) atoms. The smallest absolute Gasteiger partial charge is 0.387 e. The maximum Gasteiger partial charge on any atom is 0.412 e. The second-order valence-corrected chi connectivity index (χ2v) is 7.06. The Bertz CT molecular complexity index is 552. The zero-order valence-electron chi connectivity index (χ0n) is 14.8. The van der Waals surface area contributed by atoms with Crippen molar-refractivity contribution >= 4 is 6.72 Å². The Morgan fingerprint density at radius 3 is 2.46 bits per heavy atom. The number of aliphatic hydroxyl groups excluding tert-OH is 1. The first-order chi connectivity index (χ1) is 11.0. The lowest BCUT2D eigenvalue weighted by Gasteiger charge is -2.24. The predicted octanol–water partition coefficient (Wildman–Crippen LogP) is 4.31. The number of β-amino-alcohol motifs (C(OH)–C–C–N with tert-alkyl or cyclic N) is 1. The average molecular weight is 344 g/mol. The lowest BCUT2D eigenvalue weighted by Crippen LogP contribution is -2.41. The van der Waals surface area contributed by atoms with Crippen LogP contribution in [0.4, 0.5) is 13.2 Å². The fraction of sp³-hybridized carbons (Fsp3) is 0.611. The van der Waals surface area contributed by atoms with Gasteiger partial charge in [0.2, 0.25) is 0 Å². The maximum absolute atomic E-state index is 12.9. The molecule has 0 unspecified atom stereocenters. The van der Waals surface area contributed by atoms with Crippen molar-refractivity contribution in [2.24, 2.45) is 4.99 Å². The fourth-order valence-electron chi connectivity index (χ4n) is 2.41. The number of nitrogens with zero attached hydrogens (tertiary/aromatic N) is 1. The van der Waals surface area contributed by atoms with Gasteiger partial charge in [-0.2, -0.15) is 13.2 Å². The second-order valence-electron chi connectivity index (χ2n) is 7.06. The average Bonchev–Trinajstić information content (AvgIpc) is 2.96. The SMILES string of the molecule is C=N/C(C1=CCCC1)=C(\C=C(/C)C(F)(F)F)[C@@H](O)CNC(C)(C)C. The van der Waals surface area contributed by atoms with Gasteiger partial charge in [0.1, 0.15) is 0 Å². The Morgan fingerprint density at radius 1 is 1.42 bits per heavy atom. The molecule has 0 saturated heterocycles. The molecule has 0 radical (unpaired) electrons. The molecular weight excluding hydrogens is 317 g/mol. The van der Waals surface area contributed by atoms with E-state index in [1.807, 2.05) is 26.8 Å². The van der Waals surface area contributed by atoms with Crippen LogP contribution in [0, 0.1) is 0 Å². The van der Waals surface area contributed by atoms with Crippen LogP contribution in [0.15, 0.2) is 39.6 Å². The summed E-state index contributed by atoms with van der Waals surface area (Å²) in [6, 6.07) is 0. The van der Waals surface area contributed by atoms with E-state index in [2.05, 4.69) is 17.0 Å². The van der Waals surface area contributed by atoms with E-state index in [0.717, 1.165) is 37.8 Å². The molecule has 1 aliphatic carbocycles. The largest absolute Gasteiger partial charge is 0.412 e. The van der Waals surface area contributed by atoms with Crippen molar-refractivity contribution < 1.29 is 18.3 Å². The molecule has 0 heterocycles. The minimum Gasteiger partial charge on any atom is -0.387 e. The first-order valence-corrected chi connectivity index (χ1v) is 8.04. The highest BCUT2D eigenvalue weighted by molar-refractivity contribution is 5.48. The number of hydrogen-bond donors (Lipinski definition) is 2. The van der Waals surface area contributed by atoms with Crippen LogP contribution in [0.1, 0.15) is 47.0 Å². The lowest BCUT2D eigenvalue weighted by molar-refractivity contribution is -0.0914. The standard InChI is InChI=1S/C18H27F3N2O/c1-12(18(19,20)21)10-14(15(24)11-23-17(2,3)4)16(22-5)13-8-6-7-9-13/h8,10,15,23-24H,5-7,9,11H2,1-4H3/b12-10+,16-14+/t15-/m0/s1. The highest BCUT2D eigenvalue weighted by Gasteiger charge is 2.31. The van der Waals surface area contributed by atoms with Gasteiger partial charge in [0.05, 0.1) is 11.8 Å². The molecule has 3 nitrogen and oxygen atoms in total. The van der Waals surface area contributed by atoms with Crippen molar-refractivity contribution in [1.29, 1.82) is 0 Å². The summed E-state index contributed by atoms with van der Waals surface area (Å²) in [6.45, 7) is 10.4. The molecule has 0 aliphatic heterocycles. The van der Waals surface area contributed by atoms with Crippen LogP contribution in [-0.4, -0.2) is 36.2 Å². The zero-order chi connectivity index (χ0) is 18.5. The van der Waals surface area contributed by atoms with Crippen molar-refractivity contribution in [1.82, 2.24) is 5.32 Å². The normalized spacial score (nSPS) is 19.0. The van der Waals surface area contributed by atoms with Crippen molar-refractivity contribution in [3.8, 4) is 0 Å². The third kappa shape index (κ3) is 6.24. The van der Waals surface area contributed by atoms with Crippen LogP contribution >= 0.6 is 0 Å². The lowest BCUT2D eigenvalue weighted by atomic mass is 9.98. The van der Waals surface area contributed by atoms with Gasteiger partial charge in [0.25, 0.3) is 0 Å². The summed E-state index contributed by atoms with van der Waals surface area (Å²) in [5, 5.41) is 13.6. The van der Waals surface area contributed by atoms with Crippen molar-refractivity contribution in [3.05, 3.63) is 34.6 Å². The summed E-state index contributed by atoms with van der Waals surface area (Å²) in [4.78, 5) is 3.93. The van der Waals surface area contributed by atoms with Gasteiger partial charge in [0, 0.05) is 23.2 Å². The number of allylic oxidation sites excluding steroid dienone is 3. The van der Waals surface area contributed by atoms with Gasteiger partial charge < -0.3 is 10.4 Å². The molecule has 0 aromatic rings. The molecule has 2 N–H and O–H groups in total. The maximum atomic E-state index is 12.9. The molecule has 1 rings (SSSR count). The highest BCUT2D eigenvalue weighted by Crippen LogP contribution is 2.32. The molecule has 0 spiro atoms. The molecular formula is C18H27F3N2O. The van der Waals surface area contributed by atoms with Crippen LogP contribution in [-0.2, 0) is 0 Å². The van der Waals surface area contributed by atoms with Gasteiger partial charge in [-0.1, -0.05) is 6.08 Å². The molecule has 0 aromatic carbocycles. The zero-order valence-corrected chi connectivity index (χ0v) is 14.8. The van der Waals surface area contributed by atoms with E-state index in [-0.39, 0.29) is 17.7 Å². The topological polar surface area (TPSA) is 44.6 Å². The van der Waals surface area contributed by atoms with E-state index >= 15 is 0 Å². The van der Waals surface area contributed by atoms with E-state index in [4.69, 9.17) is 0 Å². The Hall–Kier alpha value is -1.40. The molecule has 0 aromatic heterocycles. The molecule has 136 valence electrons. The molecule has 6 heteroatoms. The highest BCUT2D eigenvalue weighted by atomic mass is 19.4. The van der Waals surface area contributed by atoms with E-state index in [0.29, 0.717) is 5.70 Å². The number of aliphatic hydroxyl groups is 1. The summed E-state index contributed by atoms with van der Waals surface area (Å²) < 4.78 is 38.8. The van der Waals surface area contributed by atoms with Gasteiger partial charge in [-0.3, -0.25) is 4.99 Å². The molecule has 0 bridgehead atoms. The fourth-order valence-corrected chi connectivity index (χ4v) is 2.41. The molecule has 1 atom stereocenters. The monoisotopic (exact) mass is 344 g/mol. The quantitative estimate of drug-likeness (QED) is 0.557. The number of aliphatic imine (C=N–C) groups is 1. The Kier molecular flexibility index (Phi) is 6.98. The minimum atomic E-state index is -4.45. The number of alkyl halides is 3. The van der Waals surface area contributed by atoms with Gasteiger partial charge in [-0.25, -0.2) is 0 Å². The summed E-state index contributed by atoms with van der Waals surface area (Å²) in [5.74, 6) is 0. The number of halogens is 3. The van der Waals surface area contributed by atoms with Gasteiger partial charge >= 0.3 is 6.18 Å². The summed E-state index contributed by atoms with van der Waals surface area (Å²) in [7, 11) is 0. The van der Waals surface area contributed by atoms with Crippen molar-refractivity contribution in [2.45, 2.75) is 64.8 Å². The molecule has 0 amide bonds. The number of hydrogen-bond acceptors (Lipinski definition) is 3. The Morgan fingerprint density at radius 2 is 2.04 bits per heavy atom. The predicted molar refractivity (Wildman–Crippen MR) is 92.1 cm³/mol. The van der Waals surface area contributed by atoms with Crippen LogP contribution in [0.25, 0.3) is 0 Å². The molecule has 0 fully saturated rings. The van der Waals surface area contributed by atoms with E-state index in [9.17, 15) is 18.3 Å². The molecule has 1 aliphatic rings. The van der Waals surface area contributed by atoms with Crippen LogP contribution in [0.3, 0.4) is 0 Å². The summed E-state index contributed by atoms with van der Waals surface area (Å²) >= 11 is 0.